The molecule has 0 aliphatic carbocycles. The van der Waals surface area contributed by atoms with E-state index in [1.54, 1.807) is 47.0 Å². The smallest absolute Gasteiger partial charge is 0.261 e. The second kappa shape index (κ2) is 12.0. The van der Waals surface area contributed by atoms with E-state index in [-0.39, 0.29) is 11.5 Å². The van der Waals surface area contributed by atoms with Crippen LogP contribution in [-0.4, -0.2) is 15.5 Å². The van der Waals surface area contributed by atoms with Gasteiger partial charge in [0.15, 0.2) is 0 Å². The number of rotatable bonds is 7. The Hall–Kier alpha value is -4.71. The minimum absolute atomic E-state index is 0.179. The van der Waals surface area contributed by atoms with Gasteiger partial charge >= 0.3 is 0 Å². The van der Waals surface area contributed by atoms with Crippen LogP contribution in [-0.2, 0) is 13.0 Å². The van der Waals surface area contributed by atoms with E-state index in [2.05, 4.69) is 5.32 Å². The van der Waals surface area contributed by atoms with Crippen LogP contribution >= 0.6 is 23.2 Å². The highest BCUT2D eigenvalue weighted by molar-refractivity contribution is 6.34. The highest BCUT2D eigenvalue weighted by Gasteiger charge is 2.15. The third-order valence-electron chi connectivity index (χ3n) is 7.09. The van der Waals surface area contributed by atoms with Crippen LogP contribution in [0.25, 0.3) is 22.0 Å². The maximum absolute atomic E-state index is 14.0. The van der Waals surface area contributed by atoms with Crippen LogP contribution in [0, 0.1) is 0 Å². The van der Waals surface area contributed by atoms with Crippen molar-refractivity contribution >= 4 is 45.7 Å². The first kappa shape index (κ1) is 27.5. The first-order valence-corrected chi connectivity index (χ1v) is 14.2. The largest absolute Gasteiger partial charge is 0.322 e. The number of fused-ring (bicyclic) bond motifs is 1. The van der Waals surface area contributed by atoms with Gasteiger partial charge in [0.1, 0.15) is 5.82 Å². The molecule has 0 aliphatic heterocycles. The Morgan fingerprint density at radius 3 is 2.12 bits per heavy atom. The third kappa shape index (κ3) is 5.98. The van der Waals surface area contributed by atoms with Gasteiger partial charge in [-0.25, -0.2) is 4.98 Å². The quantitative estimate of drug-likeness (QED) is 0.204. The van der Waals surface area contributed by atoms with E-state index < -0.39 is 0 Å². The molecule has 42 heavy (non-hydrogen) atoms. The molecule has 1 N–H and O–H groups in total. The van der Waals surface area contributed by atoms with Gasteiger partial charge in [-0.2, -0.15) is 0 Å². The lowest BCUT2D eigenvalue weighted by Gasteiger charge is -2.15. The van der Waals surface area contributed by atoms with Gasteiger partial charge < -0.3 is 5.32 Å². The normalized spacial score (nSPS) is 11.0. The third-order valence-corrected chi connectivity index (χ3v) is 7.67. The Morgan fingerprint density at radius 2 is 1.40 bits per heavy atom. The Labute approximate surface area is 253 Å². The van der Waals surface area contributed by atoms with Gasteiger partial charge in [-0.3, -0.25) is 14.2 Å². The van der Waals surface area contributed by atoms with Gasteiger partial charge in [-0.15, -0.1) is 0 Å². The van der Waals surface area contributed by atoms with E-state index in [1.807, 2.05) is 78.9 Å². The van der Waals surface area contributed by atoms with Gasteiger partial charge in [0.2, 0.25) is 0 Å². The lowest BCUT2D eigenvalue weighted by molar-refractivity contribution is 0.102. The fourth-order valence-corrected chi connectivity index (χ4v) is 5.24. The fourth-order valence-electron chi connectivity index (χ4n) is 4.89. The summed E-state index contributed by atoms with van der Waals surface area (Å²) in [4.78, 5) is 31.8. The predicted octanol–water partition coefficient (Wildman–Crippen LogP) is 8.26. The Balaban J connectivity index is 1.37. The molecule has 7 heteroatoms. The van der Waals surface area contributed by atoms with E-state index in [0.29, 0.717) is 51.0 Å². The molecule has 5 nitrogen and oxygen atoms in total. The first-order valence-electron chi connectivity index (χ1n) is 13.4. The van der Waals surface area contributed by atoms with Gasteiger partial charge in [0, 0.05) is 17.1 Å². The van der Waals surface area contributed by atoms with Crippen LogP contribution in [0.1, 0.15) is 27.3 Å². The fraction of sp³-hybridized carbons (Fsp3) is 0.0571. The Kier molecular flexibility index (Phi) is 7.87. The number of hydrogen-bond acceptors (Lipinski definition) is 3. The van der Waals surface area contributed by atoms with Gasteiger partial charge in [-0.1, -0.05) is 102 Å². The zero-order chi connectivity index (χ0) is 29.1. The van der Waals surface area contributed by atoms with Crippen molar-refractivity contribution in [2.75, 3.05) is 5.32 Å². The number of carbonyl (C=O) groups excluding carboxylic acids is 1. The summed E-state index contributed by atoms with van der Waals surface area (Å²) in [5.41, 5.74) is 5.37. The van der Waals surface area contributed by atoms with E-state index in [1.165, 1.54) is 0 Å². The van der Waals surface area contributed by atoms with Crippen molar-refractivity contribution in [3.63, 3.8) is 0 Å². The number of amides is 1. The minimum Gasteiger partial charge on any atom is -0.322 e. The predicted molar refractivity (Wildman–Crippen MR) is 171 cm³/mol. The molecule has 6 aromatic rings. The van der Waals surface area contributed by atoms with Crippen molar-refractivity contribution in [1.29, 1.82) is 0 Å². The monoisotopic (exact) mass is 589 g/mol. The molecule has 0 radical (unpaired) electrons. The van der Waals surface area contributed by atoms with Gasteiger partial charge in [0.05, 0.1) is 28.0 Å². The summed E-state index contributed by atoms with van der Waals surface area (Å²) in [5, 5.41) is 4.32. The van der Waals surface area contributed by atoms with Crippen molar-refractivity contribution < 1.29 is 4.79 Å². The second-order valence-electron chi connectivity index (χ2n) is 9.95. The molecule has 0 spiro atoms. The second-order valence-corrected chi connectivity index (χ2v) is 10.8. The molecule has 0 atom stereocenters. The average Bonchev–Trinajstić information content (AvgIpc) is 3.01. The van der Waals surface area contributed by atoms with Crippen LogP contribution in [0.3, 0.4) is 0 Å². The van der Waals surface area contributed by atoms with Crippen molar-refractivity contribution in [3.05, 3.63) is 164 Å². The zero-order valence-electron chi connectivity index (χ0n) is 22.4. The van der Waals surface area contributed by atoms with Crippen LogP contribution < -0.4 is 10.9 Å². The number of halogens is 2. The first-order chi connectivity index (χ1) is 20.4. The van der Waals surface area contributed by atoms with E-state index in [0.717, 1.165) is 22.3 Å². The highest BCUT2D eigenvalue weighted by atomic mass is 35.5. The average molecular weight is 591 g/mol. The molecule has 1 heterocycles. The van der Waals surface area contributed by atoms with Crippen LogP contribution in [0.5, 0.6) is 0 Å². The lowest BCUT2D eigenvalue weighted by Crippen LogP contribution is -2.26. The number of benzene rings is 5. The maximum atomic E-state index is 14.0. The summed E-state index contributed by atoms with van der Waals surface area (Å²) in [6, 6.07) is 37.8. The number of nitrogens with zero attached hydrogens (tertiary/aromatic N) is 2. The highest BCUT2D eigenvalue weighted by Crippen LogP contribution is 2.24. The zero-order valence-corrected chi connectivity index (χ0v) is 23.9. The number of carbonyl (C=O) groups is 1. The lowest BCUT2D eigenvalue weighted by atomic mass is 10.0. The molecular weight excluding hydrogens is 565 g/mol. The summed E-state index contributed by atoms with van der Waals surface area (Å²) in [7, 11) is 0. The SMILES string of the molecule is O=C(Nc1ccc2nc(Cc3ccccc3)n(Cc3ccc(-c4ccc(Cl)cc4)cc3)c(=O)c2c1)c1ccccc1Cl. The number of anilines is 1. The standard InChI is InChI=1S/C35H25Cl2N3O2/c36-27-16-14-26(15-17-27)25-12-10-24(11-13-25)22-40-33(20-23-6-2-1-3-7-23)39-32-19-18-28(21-30(32)35(40)42)38-34(41)29-8-4-5-9-31(29)37/h1-19,21H,20,22H2,(H,38,41). The summed E-state index contributed by atoms with van der Waals surface area (Å²) in [6.07, 6.45) is 0.500. The van der Waals surface area contributed by atoms with Crippen molar-refractivity contribution in [3.8, 4) is 11.1 Å². The summed E-state index contributed by atoms with van der Waals surface area (Å²) >= 11 is 12.3. The van der Waals surface area contributed by atoms with Gasteiger partial charge in [-0.05, 0) is 64.7 Å². The molecule has 0 fully saturated rings. The molecule has 0 saturated heterocycles. The number of nitrogens with one attached hydrogen (secondary N) is 1. The van der Waals surface area contributed by atoms with Crippen LogP contribution in [0.2, 0.25) is 10.0 Å². The molecule has 0 unspecified atom stereocenters. The Morgan fingerprint density at radius 1 is 0.738 bits per heavy atom. The molecule has 206 valence electrons. The van der Waals surface area contributed by atoms with E-state index in [9.17, 15) is 9.59 Å². The van der Waals surface area contributed by atoms with Crippen molar-refractivity contribution in [2.45, 2.75) is 13.0 Å². The molecule has 5 aromatic carbocycles. The molecule has 0 bridgehead atoms. The minimum atomic E-state index is -0.352. The topological polar surface area (TPSA) is 64.0 Å². The molecule has 1 aromatic heterocycles. The number of aromatic nitrogens is 2. The summed E-state index contributed by atoms with van der Waals surface area (Å²) in [6.45, 7) is 0.348. The molecular formula is C35H25Cl2N3O2. The van der Waals surface area contributed by atoms with Crippen LogP contribution in [0.15, 0.2) is 126 Å². The molecule has 0 aliphatic rings. The molecule has 0 saturated carbocycles. The molecule has 1 amide bonds. The van der Waals surface area contributed by atoms with Gasteiger partial charge in [0.25, 0.3) is 11.5 Å². The van der Waals surface area contributed by atoms with Crippen LogP contribution in [0.4, 0.5) is 5.69 Å². The van der Waals surface area contributed by atoms with E-state index in [4.69, 9.17) is 28.2 Å². The maximum Gasteiger partial charge on any atom is 0.261 e. The summed E-state index contributed by atoms with van der Waals surface area (Å²) < 4.78 is 1.71. The van der Waals surface area contributed by atoms with Crippen molar-refractivity contribution in [2.24, 2.45) is 0 Å². The summed E-state index contributed by atoms with van der Waals surface area (Å²) in [5.74, 6) is 0.308. The van der Waals surface area contributed by atoms with Crippen molar-refractivity contribution in [1.82, 2.24) is 9.55 Å². The Bertz CT molecular complexity index is 1950. The van der Waals surface area contributed by atoms with E-state index >= 15 is 0 Å². The number of hydrogen-bond donors (Lipinski definition) is 1. The molecule has 6 rings (SSSR count).